The number of nitrogens with one attached hydrogen (secondary N) is 1. The normalized spacial score (nSPS) is 22.0. The minimum absolute atomic E-state index is 0.0292. The van der Waals surface area contributed by atoms with Crippen molar-refractivity contribution in [2.45, 2.75) is 45.2 Å². The molecule has 0 radical (unpaired) electrons. The zero-order valence-electron chi connectivity index (χ0n) is 14.6. The average molecular weight is 345 g/mol. The molecule has 1 unspecified atom stereocenters. The summed E-state index contributed by atoms with van der Waals surface area (Å²) in [6.45, 7) is 4.53. The number of para-hydroxylation sites is 1. The van der Waals surface area contributed by atoms with Gasteiger partial charge >= 0.3 is 0 Å². The second-order valence-corrected chi connectivity index (χ2v) is 6.48. The van der Waals surface area contributed by atoms with Crippen molar-refractivity contribution in [3.05, 3.63) is 29.8 Å². The summed E-state index contributed by atoms with van der Waals surface area (Å²) in [6.07, 6.45) is 1.77. The Hall–Kier alpha value is -2.41. The van der Waals surface area contributed by atoms with E-state index in [1.165, 1.54) is 0 Å². The molecule has 7 nitrogen and oxygen atoms in total. The Labute approximate surface area is 146 Å². The lowest BCUT2D eigenvalue weighted by atomic mass is 9.98. The number of hydrogen-bond acceptors (Lipinski definition) is 4. The summed E-state index contributed by atoms with van der Waals surface area (Å²) in [5, 5.41) is 0. The van der Waals surface area contributed by atoms with Crippen LogP contribution in [0.3, 0.4) is 0 Å². The molecule has 1 saturated heterocycles. The third-order valence-corrected chi connectivity index (χ3v) is 4.86. The molecule has 0 bridgehead atoms. The summed E-state index contributed by atoms with van der Waals surface area (Å²) in [5.74, 6) is -0.271. The van der Waals surface area contributed by atoms with Crippen LogP contribution in [0.5, 0.6) is 0 Å². The molecule has 1 atom stereocenters. The van der Waals surface area contributed by atoms with Crippen molar-refractivity contribution < 1.29 is 19.2 Å². The fraction of sp³-hybridized carbons (Fsp3) is 0.500. The van der Waals surface area contributed by atoms with Gasteiger partial charge in [-0.25, -0.2) is 5.48 Å². The molecule has 1 aromatic rings. The van der Waals surface area contributed by atoms with Crippen LogP contribution in [0.4, 0.5) is 5.69 Å². The highest BCUT2D eigenvalue weighted by molar-refractivity contribution is 6.10. The van der Waals surface area contributed by atoms with Crippen molar-refractivity contribution in [1.82, 2.24) is 10.4 Å². The highest BCUT2D eigenvalue weighted by Gasteiger charge is 2.52. The number of nitrogens with zero attached hydrogens (tertiary/aromatic N) is 2. The molecule has 1 aromatic carbocycles. The Kier molecular flexibility index (Phi) is 4.76. The van der Waals surface area contributed by atoms with Crippen molar-refractivity contribution in [2.24, 2.45) is 0 Å². The van der Waals surface area contributed by atoms with E-state index in [1.807, 2.05) is 19.1 Å². The molecule has 134 valence electrons. The first kappa shape index (κ1) is 17.4. The lowest BCUT2D eigenvalue weighted by Gasteiger charge is -2.48. The van der Waals surface area contributed by atoms with Gasteiger partial charge in [-0.2, -0.15) is 0 Å². The quantitative estimate of drug-likeness (QED) is 0.798. The fourth-order valence-corrected chi connectivity index (χ4v) is 3.64. The van der Waals surface area contributed by atoms with Gasteiger partial charge in [0.1, 0.15) is 5.66 Å². The number of amides is 3. The lowest BCUT2D eigenvalue weighted by molar-refractivity contribution is -0.133. The topological polar surface area (TPSA) is 79.0 Å². The Balaban J connectivity index is 1.79. The third-order valence-electron chi connectivity index (χ3n) is 4.86. The minimum atomic E-state index is -0.668. The number of benzene rings is 1. The van der Waals surface area contributed by atoms with Gasteiger partial charge in [0, 0.05) is 19.4 Å². The molecule has 3 amide bonds. The van der Waals surface area contributed by atoms with Gasteiger partial charge in [0.25, 0.3) is 5.91 Å². The van der Waals surface area contributed by atoms with Crippen LogP contribution in [-0.4, -0.2) is 41.4 Å². The molecule has 2 aliphatic rings. The second kappa shape index (κ2) is 6.84. The van der Waals surface area contributed by atoms with Crippen LogP contribution in [0.1, 0.15) is 49.9 Å². The number of hydroxylamine groups is 1. The van der Waals surface area contributed by atoms with Crippen LogP contribution < -0.4 is 10.4 Å². The van der Waals surface area contributed by atoms with E-state index >= 15 is 0 Å². The first-order chi connectivity index (χ1) is 12.0. The van der Waals surface area contributed by atoms with E-state index in [-0.39, 0.29) is 24.1 Å². The Morgan fingerprint density at radius 2 is 2.08 bits per heavy atom. The largest absolute Gasteiger partial charge is 0.315 e. The number of carbonyl (C=O) groups is 3. The standard InChI is InChI=1S/C18H23N3O4/c1-3-25-19-15(22)9-6-12-20-17(24)13-7-4-5-8-14(13)21-16(23)10-11-18(20,21)2/h4-5,7-8H,3,6,9-12H2,1-2H3,(H,19,22). The van der Waals surface area contributed by atoms with Crippen molar-refractivity contribution in [2.75, 3.05) is 18.1 Å². The molecule has 2 aliphatic heterocycles. The highest BCUT2D eigenvalue weighted by atomic mass is 16.6. The molecule has 0 saturated carbocycles. The summed E-state index contributed by atoms with van der Waals surface area (Å²) >= 11 is 0. The van der Waals surface area contributed by atoms with Crippen molar-refractivity contribution in [1.29, 1.82) is 0 Å². The van der Waals surface area contributed by atoms with Crippen LogP contribution >= 0.6 is 0 Å². The van der Waals surface area contributed by atoms with E-state index in [1.54, 1.807) is 28.9 Å². The van der Waals surface area contributed by atoms with Crippen LogP contribution in [-0.2, 0) is 14.4 Å². The van der Waals surface area contributed by atoms with Gasteiger partial charge in [-0.15, -0.1) is 0 Å². The van der Waals surface area contributed by atoms with Gasteiger partial charge < -0.3 is 4.90 Å². The van der Waals surface area contributed by atoms with Crippen LogP contribution in [0.15, 0.2) is 24.3 Å². The zero-order chi connectivity index (χ0) is 18.0. The smallest absolute Gasteiger partial charge is 0.257 e. The SMILES string of the molecule is CCONC(=O)CCCN1C(=O)c2ccccc2N2C(=O)CCC12C. The molecule has 0 aliphatic carbocycles. The van der Waals surface area contributed by atoms with Gasteiger partial charge in [0.05, 0.1) is 17.9 Å². The molecule has 0 spiro atoms. The van der Waals surface area contributed by atoms with Crippen LogP contribution in [0.2, 0.25) is 0 Å². The van der Waals surface area contributed by atoms with E-state index in [9.17, 15) is 14.4 Å². The molecule has 1 fully saturated rings. The van der Waals surface area contributed by atoms with Crippen molar-refractivity contribution >= 4 is 23.4 Å². The van der Waals surface area contributed by atoms with Gasteiger partial charge in [0.15, 0.2) is 0 Å². The monoisotopic (exact) mass is 345 g/mol. The summed E-state index contributed by atoms with van der Waals surface area (Å²) in [7, 11) is 0. The summed E-state index contributed by atoms with van der Waals surface area (Å²) < 4.78 is 0. The Morgan fingerprint density at radius 3 is 2.84 bits per heavy atom. The van der Waals surface area contributed by atoms with E-state index in [2.05, 4.69) is 5.48 Å². The number of carbonyl (C=O) groups excluding carboxylic acids is 3. The molecule has 2 heterocycles. The molecule has 0 aromatic heterocycles. The number of hydrogen-bond donors (Lipinski definition) is 1. The Morgan fingerprint density at radius 1 is 1.32 bits per heavy atom. The Bertz CT molecular complexity index is 705. The maximum Gasteiger partial charge on any atom is 0.257 e. The third kappa shape index (κ3) is 3.00. The van der Waals surface area contributed by atoms with E-state index in [4.69, 9.17) is 4.84 Å². The van der Waals surface area contributed by atoms with Crippen molar-refractivity contribution in [3.63, 3.8) is 0 Å². The molecule has 3 rings (SSSR count). The molecular weight excluding hydrogens is 322 g/mol. The summed E-state index contributed by atoms with van der Waals surface area (Å²) in [4.78, 5) is 45.4. The molecule has 7 heteroatoms. The van der Waals surface area contributed by atoms with E-state index in [0.717, 1.165) is 0 Å². The lowest BCUT2D eigenvalue weighted by Crippen LogP contribution is -2.62. The number of rotatable bonds is 6. The predicted molar refractivity (Wildman–Crippen MR) is 91.6 cm³/mol. The van der Waals surface area contributed by atoms with Crippen LogP contribution in [0, 0.1) is 0 Å². The number of anilines is 1. The van der Waals surface area contributed by atoms with Crippen molar-refractivity contribution in [3.8, 4) is 0 Å². The zero-order valence-corrected chi connectivity index (χ0v) is 14.6. The van der Waals surface area contributed by atoms with E-state index < -0.39 is 5.66 Å². The van der Waals surface area contributed by atoms with Gasteiger partial charge in [-0.1, -0.05) is 12.1 Å². The summed E-state index contributed by atoms with van der Waals surface area (Å²) in [5.41, 5.74) is 2.90. The van der Waals surface area contributed by atoms with E-state index in [0.29, 0.717) is 43.7 Å². The van der Waals surface area contributed by atoms with Gasteiger partial charge in [-0.3, -0.25) is 24.1 Å². The molecule has 1 N–H and O–H groups in total. The first-order valence-corrected chi connectivity index (χ1v) is 8.63. The van der Waals surface area contributed by atoms with Gasteiger partial charge in [-0.05, 0) is 38.8 Å². The first-order valence-electron chi connectivity index (χ1n) is 8.63. The number of fused-ring (bicyclic) bond motifs is 3. The van der Waals surface area contributed by atoms with Gasteiger partial charge in [0.2, 0.25) is 11.8 Å². The summed E-state index contributed by atoms with van der Waals surface area (Å²) in [6, 6.07) is 7.21. The average Bonchev–Trinajstić information content (AvgIpc) is 2.92. The predicted octanol–water partition coefficient (Wildman–Crippen LogP) is 1.83. The molecular formula is C18H23N3O4. The highest BCUT2D eigenvalue weighted by Crippen LogP contribution is 2.43. The fourth-order valence-electron chi connectivity index (χ4n) is 3.64. The molecule has 25 heavy (non-hydrogen) atoms. The second-order valence-electron chi connectivity index (χ2n) is 6.48. The van der Waals surface area contributed by atoms with Crippen LogP contribution in [0.25, 0.3) is 0 Å². The maximum atomic E-state index is 13.0. The minimum Gasteiger partial charge on any atom is -0.315 e. The maximum absolute atomic E-state index is 13.0.